The quantitative estimate of drug-likeness (QED) is 0.832. The van der Waals surface area contributed by atoms with Crippen LogP contribution in [-0.2, 0) is 4.79 Å². The van der Waals surface area contributed by atoms with Gasteiger partial charge in [0.1, 0.15) is 12.3 Å². The third-order valence-corrected chi connectivity index (χ3v) is 4.61. The molecule has 1 N–H and O–H groups in total. The maximum Gasteiger partial charge on any atom is 0.278 e. The van der Waals surface area contributed by atoms with Crippen LogP contribution in [0.4, 0.5) is 0 Å². The van der Waals surface area contributed by atoms with Crippen LogP contribution in [0, 0.1) is 18.3 Å². The Bertz CT molecular complexity index is 480. The second-order valence-electron chi connectivity index (χ2n) is 5.97. The summed E-state index contributed by atoms with van der Waals surface area (Å²) in [7, 11) is 0. The van der Waals surface area contributed by atoms with Crippen molar-refractivity contribution in [2.45, 2.75) is 45.4 Å². The van der Waals surface area contributed by atoms with Gasteiger partial charge in [0.05, 0.1) is 6.54 Å². The molecule has 0 saturated heterocycles. The molecule has 110 valence electrons. The van der Waals surface area contributed by atoms with E-state index in [2.05, 4.69) is 20.3 Å². The molecule has 1 heterocycles. The zero-order valence-corrected chi connectivity index (χ0v) is 11.9. The van der Waals surface area contributed by atoms with Gasteiger partial charge in [0.15, 0.2) is 0 Å². The number of amides is 1. The summed E-state index contributed by atoms with van der Waals surface area (Å²) >= 11 is 0. The van der Waals surface area contributed by atoms with Crippen molar-refractivity contribution in [2.24, 2.45) is 11.3 Å². The van der Waals surface area contributed by atoms with Gasteiger partial charge in [0.2, 0.25) is 5.91 Å². The monoisotopic (exact) mass is 279 g/mol. The van der Waals surface area contributed by atoms with Crippen LogP contribution in [0.25, 0.3) is 0 Å². The summed E-state index contributed by atoms with van der Waals surface area (Å²) in [5.74, 6) is 0.818. The highest BCUT2D eigenvalue weighted by Crippen LogP contribution is 2.61. The second-order valence-corrected chi connectivity index (χ2v) is 5.97. The normalized spacial score (nSPS) is 23.6. The lowest BCUT2D eigenvalue weighted by Crippen LogP contribution is -2.31. The highest BCUT2D eigenvalue weighted by Gasteiger charge is 2.57. The number of hydrogen-bond donors (Lipinski definition) is 1. The topological polar surface area (TPSA) is 77.2 Å². The lowest BCUT2D eigenvalue weighted by Gasteiger charge is -2.22. The summed E-state index contributed by atoms with van der Waals surface area (Å²) < 4.78 is 9.92. The molecular weight excluding hydrogens is 258 g/mol. The van der Waals surface area contributed by atoms with E-state index >= 15 is 0 Å². The van der Waals surface area contributed by atoms with E-state index in [-0.39, 0.29) is 11.8 Å². The maximum atomic E-state index is 12.1. The van der Waals surface area contributed by atoms with E-state index in [4.69, 9.17) is 4.74 Å². The van der Waals surface area contributed by atoms with Gasteiger partial charge in [-0.2, -0.15) is 0 Å². The van der Waals surface area contributed by atoms with Gasteiger partial charge in [-0.25, -0.2) is 4.63 Å². The predicted octanol–water partition coefficient (Wildman–Crippen LogP) is 1.84. The minimum Gasteiger partial charge on any atom is -0.472 e. The van der Waals surface area contributed by atoms with E-state index in [0.717, 1.165) is 6.42 Å². The minimum absolute atomic E-state index is 0.186. The Hall–Kier alpha value is -1.59. The van der Waals surface area contributed by atoms with Crippen LogP contribution in [0.3, 0.4) is 0 Å². The standard InChI is InChI=1S/C14H21N3O3/c1-10-13(17-20-16-10)19-8-7-15-12(18)11-9-14(11)5-3-2-4-6-14/h11H,2-9H2,1H3,(H,15,18)/t11-/m0/s1. The zero-order chi connectivity index (χ0) is 14.0. The smallest absolute Gasteiger partial charge is 0.278 e. The number of rotatable bonds is 5. The van der Waals surface area contributed by atoms with Crippen molar-refractivity contribution >= 4 is 5.91 Å². The van der Waals surface area contributed by atoms with Crippen LogP contribution < -0.4 is 10.1 Å². The molecule has 0 aromatic carbocycles. The molecule has 2 saturated carbocycles. The number of ether oxygens (including phenoxy) is 1. The van der Waals surface area contributed by atoms with Crippen LogP contribution in [0.2, 0.25) is 0 Å². The Morgan fingerprint density at radius 1 is 1.40 bits per heavy atom. The van der Waals surface area contributed by atoms with Crippen molar-refractivity contribution in [3.63, 3.8) is 0 Å². The highest BCUT2D eigenvalue weighted by atomic mass is 16.6. The van der Waals surface area contributed by atoms with Gasteiger partial charge in [-0.15, -0.1) is 0 Å². The molecule has 20 heavy (non-hydrogen) atoms. The molecule has 6 heteroatoms. The lowest BCUT2D eigenvalue weighted by molar-refractivity contribution is -0.123. The van der Waals surface area contributed by atoms with Gasteiger partial charge in [-0.1, -0.05) is 24.4 Å². The van der Waals surface area contributed by atoms with E-state index in [1.165, 1.54) is 32.1 Å². The molecule has 0 aliphatic heterocycles. The molecule has 1 amide bonds. The number of aryl methyl sites for hydroxylation is 1. The summed E-state index contributed by atoms with van der Waals surface area (Å²) in [6, 6.07) is 0. The van der Waals surface area contributed by atoms with Crippen molar-refractivity contribution in [1.82, 2.24) is 15.6 Å². The van der Waals surface area contributed by atoms with Gasteiger partial charge in [0.25, 0.3) is 5.88 Å². The molecule has 0 radical (unpaired) electrons. The Morgan fingerprint density at radius 2 is 2.20 bits per heavy atom. The molecule has 3 rings (SSSR count). The maximum absolute atomic E-state index is 12.1. The second kappa shape index (κ2) is 5.42. The number of carbonyl (C=O) groups excluding carboxylic acids is 1. The zero-order valence-electron chi connectivity index (χ0n) is 11.9. The largest absolute Gasteiger partial charge is 0.472 e. The van der Waals surface area contributed by atoms with E-state index in [1.807, 2.05) is 0 Å². The third-order valence-electron chi connectivity index (χ3n) is 4.61. The minimum atomic E-state index is 0.186. The average molecular weight is 279 g/mol. The highest BCUT2D eigenvalue weighted by molar-refractivity contribution is 5.82. The van der Waals surface area contributed by atoms with E-state index < -0.39 is 0 Å². The van der Waals surface area contributed by atoms with Crippen LogP contribution >= 0.6 is 0 Å². The van der Waals surface area contributed by atoms with Crippen LogP contribution in [0.1, 0.15) is 44.2 Å². The first-order valence-electron chi connectivity index (χ1n) is 7.41. The van der Waals surface area contributed by atoms with Crippen LogP contribution in [0.5, 0.6) is 5.88 Å². The Balaban J connectivity index is 1.37. The summed E-state index contributed by atoms with van der Waals surface area (Å²) in [6.45, 7) is 2.65. The molecule has 1 aromatic rings. The van der Waals surface area contributed by atoms with Crippen molar-refractivity contribution in [3.05, 3.63) is 5.69 Å². The Labute approximate surface area is 118 Å². The fourth-order valence-corrected chi connectivity index (χ4v) is 3.33. The SMILES string of the molecule is Cc1nonc1OCCNC(=O)[C@@H]1CC12CCCCC2. The molecule has 2 aliphatic rings. The Morgan fingerprint density at radius 3 is 2.90 bits per heavy atom. The van der Waals surface area contributed by atoms with Crippen molar-refractivity contribution in [3.8, 4) is 5.88 Å². The lowest BCUT2D eigenvalue weighted by atomic mass is 9.84. The van der Waals surface area contributed by atoms with Crippen LogP contribution in [0.15, 0.2) is 4.63 Å². The van der Waals surface area contributed by atoms with Gasteiger partial charge in [-0.3, -0.25) is 4.79 Å². The first-order valence-corrected chi connectivity index (χ1v) is 7.41. The molecule has 0 bridgehead atoms. The number of nitrogens with one attached hydrogen (secondary N) is 1. The van der Waals surface area contributed by atoms with Crippen molar-refractivity contribution in [1.29, 1.82) is 0 Å². The number of hydrogen-bond acceptors (Lipinski definition) is 5. The first kappa shape index (κ1) is 13.4. The number of aromatic nitrogens is 2. The number of carbonyl (C=O) groups is 1. The molecule has 2 aliphatic carbocycles. The van der Waals surface area contributed by atoms with E-state index in [0.29, 0.717) is 30.1 Å². The van der Waals surface area contributed by atoms with Crippen molar-refractivity contribution in [2.75, 3.05) is 13.2 Å². The summed E-state index contributed by atoms with van der Waals surface area (Å²) in [6.07, 6.45) is 7.43. The molecule has 1 aromatic heterocycles. The summed E-state index contributed by atoms with van der Waals surface area (Å²) in [4.78, 5) is 12.1. The predicted molar refractivity (Wildman–Crippen MR) is 71.2 cm³/mol. The van der Waals surface area contributed by atoms with E-state index in [1.54, 1.807) is 6.92 Å². The molecular formula is C14H21N3O3. The molecule has 1 spiro atoms. The van der Waals surface area contributed by atoms with Crippen molar-refractivity contribution < 1.29 is 14.2 Å². The van der Waals surface area contributed by atoms with Gasteiger partial charge in [0, 0.05) is 5.92 Å². The fourth-order valence-electron chi connectivity index (χ4n) is 3.33. The van der Waals surface area contributed by atoms with Gasteiger partial charge in [-0.05, 0) is 36.8 Å². The van der Waals surface area contributed by atoms with Crippen LogP contribution in [-0.4, -0.2) is 29.4 Å². The van der Waals surface area contributed by atoms with Gasteiger partial charge >= 0.3 is 0 Å². The molecule has 2 fully saturated rings. The number of nitrogens with zero attached hydrogens (tertiary/aromatic N) is 2. The molecule has 0 unspecified atom stereocenters. The first-order chi connectivity index (χ1) is 9.71. The van der Waals surface area contributed by atoms with Gasteiger partial charge < -0.3 is 10.1 Å². The Kier molecular flexibility index (Phi) is 3.63. The third kappa shape index (κ3) is 2.64. The molecule has 1 atom stereocenters. The average Bonchev–Trinajstić information content (AvgIpc) is 2.98. The molecule has 6 nitrogen and oxygen atoms in total. The van der Waals surface area contributed by atoms with E-state index in [9.17, 15) is 4.79 Å². The summed E-state index contributed by atoms with van der Waals surface area (Å²) in [5.41, 5.74) is 0.968. The summed E-state index contributed by atoms with van der Waals surface area (Å²) in [5, 5.41) is 10.2. The fraction of sp³-hybridized carbons (Fsp3) is 0.786.